The van der Waals surface area contributed by atoms with Crippen LogP contribution in [0.15, 0.2) is 18.3 Å². The molecular weight excluding hydrogens is 300 g/mol. The van der Waals surface area contributed by atoms with Gasteiger partial charge in [-0.2, -0.15) is 5.10 Å². The van der Waals surface area contributed by atoms with Gasteiger partial charge in [-0.15, -0.1) is 0 Å². The van der Waals surface area contributed by atoms with E-state index >= 15 is 0 Å². The zero-order chi connectivity index (χ0) is 16.3. The lowest BCUT2D eigenvalue weighted by Crippen LogP contribution is -2.33. The summed E-state index contributed by atoms with van der Waals surface area (Å²) in [5.74, 6) is -2.67. The molecule has 22 heavy (non-hydrogen) atoms. The second-order valence-electron chi connectivity index (χ2n) is 4.58. The molecule has 2 N–H and O–H groups in total. The summed E-state index contributed by atoms with van der Waals surface area (Å²) >= 11 is 0. The van der Waals surface area contributed by atoms with E-state index < -0.39 is 30.9 Å². The molecule has 0 aliphatic carbocycles. The van der Waals surface area contributed by atoms with Crippen molar-refractivity contribution in [1.29, 1.82) is 0 Å². The Morgan fingerprint density at radius 1 is 1.23 bits per heavy atom. The number of hydrogen-bond donors (Lipinski definition) is 2. The lowest BCUT2D eigenvalue weighted by molar-refractivity contribution is 0.183. The van der Waals surface area contributed by atoms with Gasteiger partial charge in [0, 0.05) is 29.9 Å². The van der Waals surface area contributed by atoms with Gasteiger partial charge in [0.25, 0.3) is 0 Å². The Bertz CT molecular complexity index is 664. The quantitative estimate of drug-likeness (QED) is 0.767. The third-order valence-electron chi connectivity index (χ3n) is 3.17. The van der Waals surface area contributed by atoms with E-state index in [1.54, 1.807) is 0 Å². The molecule has 0 saturated carbocycles. The SMILES string of the molecule is COCCn1cc(-c2ccc(B(O)O)c(F)c2F)c(CF)n1. The molecule has 1 aromatic carbocycles. The first kappa shape index (κ1) is 16.5. The van der Waals surface area contributed by atoms with Gasteiger partial charge in [-0.25, -0.2) is 13.2 Å². The van der Waals surface area contributed by atoms with Gasteiger partial charge in [-0.1, -0.05) is 12.1 Å². The normalized spacial score (nSPS) is 11.0. The molecule has 0 saturated heterocycles. The Labute approximate surface area is 125 Å². The molecule has 1 aromatic heterocycles. The van der Waals surface area contributed by atoms with Crippen LogP contribution < -0.4 is 5.46 Å². The fourth-order valence-corrected chi connectivity index (χ4v) is 2.06. The number of hydrogen-bond acceptors (Lipinski definition) is 4. The number of ether oxygens (including phenoxy) is 1. The summed E-state index contributed by atoms with van der Waals surface area (Å²) in [5, 5.41) is 21.8. The first-order valence-electron chi connectivity index (χ1n) is 6.45. The van der Waals surface area contributed by atoms with Gasteiger partial charge in [0.05, 0.1) is 13.2 Å². The van der Waals surface area contributed by atoms with Crippen LogP contribution in [0.4, 0.5) is 13.2 Å². The molecule has 0 atom stereocenters. The van der Waals surface area contributed by atoms with Gasteiger partial charge in [-0.05, 0) is 0 Å². The van der Waals surface area contributed by atoms with Crippen molar-refractivity contribution in [3.8, 4) is 11.1 Å². The molecule has 0 bridgehead atoms. The van der Waals surface area contributed by atoms with E-state index in [1.165, 1.54) is 18.0 Å². The fourth-order valence-electron chi connectivity index (χ4n) is 2.06. The molecule has 2 rings (SSSR count). The van der Waals surface area contributed by atoms with Gasteiger partial charge in [-0.3, -0.25) is 4.68 Å². The van der Waals surface area contributed by atoms with Crippen LogP contribution in [0.3, 0.4) is 0 Å². The van der Waals surface area contributed by atoms with E-state index in [4.69, 9.17) is 14.8 Å². The molecule has 2 aromatic rings. The molecule has 0 unspecified atom stereocenters. The van der Waals surface area contributed by atoms with Crippen LogP contribution in [0.25, 0.3) is 11.1 Å². The molecular formula is C13H14BF3N2O3. The Hall–Kier alpha value is -1.84. The highest BCUT2D eigenvalue weighted by molar-refractivity contribution is 6.58. The van der Waals surface area contributed by atoms with Crippen molar-refractivity contribution in [3.05, 3.63) is 35.7 Å². The van der Waals surface area contributed by atoms with Crippen LogP contribution in [-0.4, -0.2) is 40.7 Å². The van der Waals surface area contributed by atoms with Crippen LogP contribution >= 0.6 is 0 Å². The number of nitrogens with zero attached hydrogens (tertiary/aromatic N) is 2. The second-order valence-corrected chi connectivity index (χ2v) is 4.58. The summed E-state index contributed by atoms with van der Waals surface area (Å²) in [6, 6.07) is 2.19. The number of benzene rings is 1. The number of methoxy groups -OCH3 is 1. The minimum atomic E-state index is -2.13. The predicted molar refractivity (Wildman–Crippen MR) is 74.1 cm³/mol. The van der Waals surface area contributed by atoms with E-state index in [-0.39, 0.29) is 16.8 Å². The van der Waals surface area contributed by atoms with Gasteiger partial charge >= 0.3 is 7.12 Å². The van der Waals surface area contributed by atoms with Crippen molar-refractivity contribution in [2.24, 2.45) is 0 Å². The molecule has 9 heteroatoms. The lowest BCUT2D eigenvalue weighted by Gasteiger charge is -2.07. The molecule has 0 aliphatic heterocycles. The van der Waals surface area contributed by atoms with Crippen molar-refractivity contribution in [1.82, 2.24) is 9.78 Å². The number of rotatable bonds is 6. The third kappa shape index (κ3) is 3.16. The Kier molecular flexibility index (Phi) is 5.22. The van der Waals surface area contributed by atoms with Crippen molar-refractivity contribution < 1.29 is 28.0 Å². The van der Waals surface area contributed by atoms with E-state index in [2.05, 4.69) is 5.10 Å². The van der Waals surface area contributed by atoms with E-state index in [1.807, 2.05) is 0 Å². The molecule has 0 fully saturated rings. The fraction of sp³-hybridized carbons (Fsp3) is 0.308. The summed E-state index contributed by atoms with van der Waals surface area (Å²) < 4.78 is 47.2. The van der Waals surface area contributed by atoms with Gasteiger partial charge in [0.15, 0.2) is 11.6 Å². The minimum Gasteiger partial charge on any atom is -0.423 e. The molecule has 0 spiro atoms. The summed E-state index contributed by atoms with van der Waals surface area (Å²) in [6.07, 6.45) is 1.39. The summed E-state index contributed by atoms with van der Waals surface area (Å²) in [4.78, 5) is 0. The molecule has 0 amide bonds. The number of halogens is 3. The van der Waals surface area contributed by atoms with Gasteiger partial charge < -0.3 is 14.8 Å². The monoisotopic (exact) mass is 314 g/mol. The van der Waals surface area contributed by atoms with Crippen LogP contribution in [0.2, 0.25) is 0 Å². The zero-order valence-electron chi connectivity index (χ0n) is 11.8. The van der Waals surface area contributed by atoms with E-state index in [0.29, 0.717) is 13.2 Å². The summed E-state index contributed by atoms with van der Waals surface area (Å²) in [7, 11) is -0.636. The van der Waals surface area contributed by atoms with Crippen molar-refractivity contribution in [2.45, 2.75) is 13.2 Å². The first-order valence-corrected chi connectivity index (χ1v) is 6.45. The minimum absolute atomic E-state index is 0.0355. The first-order chi connectivity index (χ1) is 10.5. The van der Waals surface area contributed by atoms with Crippen molar-refractivity contribution >= 4 is 12.6 Å². The van der Waals surface area contributed by atoms with Crippen LogP contribution in [0.1, 0.15) is 5.69 Å². The highest BCUT2D eigenvalue weighted by Crippen LogP contribution is 2.27. The van der Waals surface area contributed by atoms with Crippen molar-refractivity contribution in [3.63, 3.8) is 0 Å². The Morgan fingerprint density at radius 2 is 1.95 bits per heavy atom. The largest absolute Gasteiger partial charge is 0.491 e. The second kappa shape index (κ2) is 6.95. The smallest absolute Gasteiger partial charge is 0.423 e. The Balaban J connectivity index is 2.47. The zero-order valence-corrected chi connectivity index (χ0v) is 11.8. The lowest BCUT2D eigenvalue weighted by atomic mass is 9.79. The molecule has 5 nitrogen and oxygen atoms in total. The standard InChI is InChI=1S/C13H14BF3N2O3/c1-22-5-4-19-7-9(11(6-15)18-19)8-2-3-10(14(20)21)13(17)12(8)16/h2-3,7,20-21H,4-6H2,1H3. The highest BCUT2D eigenvalue weighted by atomic mass is 19.2. The van der Waals surface area contributed by atoms with E-state index in [9.17, 15) is 13.2 Å². The third-order valence-corrected chi connectivity index (χ3v) is 3.17. The van der Waals surface area contributed by atoms with Crippen molar-refractivity contribution in [2.75, 3.05) is 13.7 Å². The summed E-state index contributed by atoms with van der Waals surface area (Å²) in [6.45, 7) is -0.277. The van der Waals surface area contributed by atoms with Gasteiger partial charge in [0.2, 0.25) is 0 Å². The topological polar surface area (TPSA) is 67.5 Å². The average Bonchev–Trinajstić information content (AvgIpc) is 2.90. The van der Waals surface area contributed by atoms with Crippen LogP contribution in [0, 0.1) is 11.6 Å². The average molecular weight is 314 g/mol. The molecule has 0 radical (unpaired) electrons. The maximum atomic E-state index is 14.1. The maximum Gasteiger partial charge on any atom is 0.491 e. The summed E-state index contributed by atoms with van der Waals surface area (Å²) in [5.41, 5.74) is -0.714. The molecule has 118 valence electrons. The van der Waals surface area contributed by atoms with Crippen LogP contribution in [-0.2, 0) is 18.0 Å². The van der Waals surface area contributed by atoms with E-state index in [0.717, 1.165) is 12.1 Å². The number of alkyl halides is 1. The number of aromatic nitrogens is 2. The Morgan fingerprint density at radius 3 is 2.55 bits per heavy atom. The van der Waals surface area contributed by atoms with Gasteiger partial charge in [0.1, 0.15) is 12.4 Å². The predicted octanol–water partition coefficient (Wildman–Crippen LogP) is 0.624. The maximum absolute atomic E-state index is 14.1. The molecule has 0 aliphatic rings. The molecule has 1 heterocycles. The van der Waals surface area contributed by atoms with Crippen LogP contribution in [0.5, 0.6) is 0 Å². The highest BCUT2D eigenvalue weighted by Gasteiger charge is 2.24.